The van der Waals surface area contributed by atoms with E-state index in [1.54, 1.807) is 23.4 Å². The van der Waals surface area contributed by atoms with Gasteiger partial charge in [0.2, 0.25) is 5.91 Å². The van der Waals surface area contributed by atoms with E-state index in [4.69, 9.17) is 0 Å². The van der Waals surface area contributed by atoms with Crippen LogP contribution >= 0.6 is 0 Å². The van der Waals surface area contributed by atoms with E-state index in [9.17, 15) is 9.59 Å². The summed E-state index contributed by atoms with van der Waals surface area (Å²) in [5.41, 5.74) is 3.36. The van der Waals surface area contributed by atoms with E-state index < -0.39 is 5.54 Å². The normalized spacial score (nSPS) is 18.1. The van der Waals surface area contributed by atoms with Crippen LogP contribution in [0.3, 0.4) is 0 Å². The lowest BCUT2D eigenvalue weighted by molar-refractivity contribution is -0.137. The number of anilines is 2. The molecule has 4 rings (SSSR count). The predicted molar refractivity (Wildman–Crippen MR) is 128 cm³/mol. The quantitative estimate of drug-likeness (QED) is 0.521. The van der Waals surface area contributed by atoms with Crippen molar-refractivity contribution in [2.24, 2.45) is 0 Å². The Hall–Kier alpha value is -3.47. The van der Waals surface area contributed by atoms with E-state index >= 15 is 0 Å². The van der Waals surface area contributed by atoms with Gasteiger partial charge < -0.3 is 5.32 Å². The Morgan fingerprint density at radius 3 is 2.03 bits per heavy atom. The van der Waals surface area contributed by atoms with Crippen LogP contribution in [0.25, 0.3) is 0 Å². The summed E-state index contributed by atoms with van der Waals surface area (Å²) in [4.78, 5) is 32.4. The summed E-state index contributed by atoms with van der Waals surface area (Å²) in [5, 5.41) is 3.04. The molecule has 5 nitrogen and oxygen atoms in total. The fourth-order valence-electron chi connectivity index (χ4n) is 4.21. The highest BCUT2D eigenvalue weighted by Crippen LogP contribution is 2.45. The van der Waals surface area contributed by atoms with Gasteiger partial charge in [0.05, 0.1) is 6.42 Å². The van der Waals surface area contributed by atoms with Crippen molar-refractivity contribution in [2.75, 3.05) is 10.2 Å². The van der Waals surface area contributed by atoms with Gasteiger partial charge in [0, 0.05) is 29.3 Å². The topological polar surface area (TPSA) is 62.3 Å². The first-order valence-corrected chi connectivity index (χ1v) is 11.1. The Bertz CT molecular complexity index is 1110. The second kappa shape index (κ2) is 8.58. The Morgan fingerprint density at radius 1 is 0.938 bits per heavy atom. The van der Waals surface area contributed by atoms with Crippen LogP contribution in [-0.2, 0) is 15.1 Å². The SMILES string of the molecule is CC(C)c1ccc(NC(=O)C2(c3cccnc3)CC(=O)N2c2ccc(C(C)C)cc2)cc1. The molecule has 164 valence electrons. The van der Waals surface area contributed by atoms with E-state index in [1.165, 1.54) is 11.1 Å². The molecule has 32 heavy (non-hydrogen) atoms. The Labute approximate surface area is 189 Å². The van der Waals surface area contributed by atoms with Gasteiger partial charge in [0.1, 0.15) is 0 Å². The molecule has 2 amide bonds. The van der Waals surface area contributed by atoms with E-state index in [0.717, 1.165) is 0 Å². The van der Waals surface area contributed by atoms with Crippen LogP contribution in [0.4, 0.5) is 11.4 Å². The van der Waals surface area contributed by atoms with E-state index in [-0.39, 0.29) is 18.2 Å². The number of hydrogen-bond acceptors (Lipinski definition) is 3. The van der Waals surface area contributed by atoms with Gasteiger partial charge in [-0.3, -0.25) is 19.5 Å². The predicted octanol–water partition coefficient (Wildman–Crippen LogP) is 5.60. The van der Waals surface area contributed by atoms with Crippen molar-refractivity contribution >= 4 is 23.2 Å². The van der Waals surface area contributed by atoms with Crippen LogP contribution in [-0.4, -0.2) is 16.8 Å². The number of carbonyl (C=O) groups excluding carboxylic acids is 2. The molecule has 2 aromatic carbocycles. The van der Waals surface area contributed by atoms with Gasteiger partial charge in [-0.05, 0) is 53.3 Å². The fourth-order valence-corrected chi connectivity index (χ4v) is 4.21. The van der Waals surface area contributed by atoms with Crippen LogP contribution in [0.1, 0.15) is 62.6 Å². The number of amides is 2. The first kappa shape index (κ1) is 21.8. The molecular formula is C27H29N3O2. The van der Waals surface area contributed by atoms with Crippen molar-refractivity contribution in [3.8, 4) is 0 Å². The van der Waals surface area contributed by atoms with E-state index in [1.807, 2.05) is 54.6 Å². The highest BCUT2D eigenvalue weighted by molar-refractivity contribution is 6.17. The van der Waals surface area contributed by atoms with Crippen LogP contribution in [0.5, 0.6) is 0 Å². The highest BCUT2D eigenvalue weighted by Gasteiger charge is 2.58. The Kier molecular flexibility index (Phi) is 5.83. The van der Waals surface area contributed by atoms with Crippen molar-refractivity contribution in [3.05, 3.63) is 89.7 Å². The molecule has 5 heteroatoms. The lowest BCUT2D eigenvalue weighted by Gasteiger charge is -2.50. The smallest absolute Gasteiger partial charge is 0.255 e. The lowest BCUT2D eigenvalue weighted by atomic mass is 9.76. The average Bonchev–Trinajstić information content (AvgIpc) is 2.78. The summed E-state index contributed by atoms with van der Waals surface area (Å²) >= 11 is 0. The largest absolute Gasteiger partial charge is 0.324 e. The van der Waals surface area contributed by atoms with Crippen molar-refractivity contribution < 1.29 is 9.59 Å². The van der Waals surface area contributed by atoms with Crippen molar-refractivity contribution in [1.29, 1.82) is 0 Å². The third kappa shape index (κ3) is 3.79. The number of β-lactam (4-membered cyclic amide) rings is 1. The van der Waals surface area contributed by atoms with Crippen LogP contribution in [0.2, 0.25) is 0 Å². The molecule has 1 saturated heterocycles. The molecule has 1 N–H and O–H groups in total. The first-order chi connectivity index (χ1) is 15.3. The molecule has 0 spiro atoms. The molecular weight excluding hydrogens is 398 g/mol. The van der Waals surface area contributed by atoms with Crippen molar-refractivity contribution in [1.82, 2.24) is 4.98 Å². The van der Waals surface area contributed by atoms with Crippen molar-refractivity contribution in [2.45, 2.75) is 51.5 Å². The molecule has 1 aliphatic heterocycles. The minimum atomic E-state index is -1.14. The molecule has 1 fully saturated rings. The highest BCUT2D eigenvalue weighted by atomic mass is 16.2. The third-order valence-electron chi connectivity index (χ3n) is 6.21. The lowest BCUT2D eigenvalue weighted by Crippen LogP contribution is -2.67. The number of nitrogens with one attached hydrogen (secondary N) is 1. The Morgan fingerprint density at radius 2 is 1.53 bits per heavy atom. The number of rotatable bonds is 6. The van der Waals surface area contributed by atoms with E-state index in [0.29, 0.717) is 28.8 Å². The minimum Gasteiger partial charge on any atom is -0.324 e. The number of pyridine rings is 1. The average molecular weight is 428 g/mol. The number of carbonyl (C=O) groups is 2. The maximum Gasteiger partial charge on any atom is 0.255 e. The zero-order valence-corrected chi connectivity index (χ0v) is 19.0. The van der Waals surface area contributed by atoms with E-state index in [2.05, 4.69) is 38.0 Å². The van der Waals surface area contributed by atoms with Crippen molar-refractivity contribution in [3.63, 3.8) is 0 Å². The number of aromatic nitrogens is 1. The molecule has 1 aromatic heterocycles. The van der Waals surface area contributed by atoms with Gasteiger partial charge in [0.15, 0.2) is 5.54 Å². The zero-order chi connectivity index (χ0) is 22.9. The van der Waals surface area contributed by atoms with Gasteiger partial charge in [-0.15, -0.1) is 0 Å². The van der Waals surface area contributed by atoms with Crippen LogP contribution in [0, 0.1) is 0 Å². The number of benzene rings is 2. The van der Waals surface area contributed by atoms with Gasteiger partial charge in [-0.25, -0.2) is 0 Å². The molecule has 2 heterocycles. The number of hydrogen-bond donors (Lipinski definition) is 1. The maximum atomic E-state index is 13.7. The molecule has 3 aromatic rings. The molecule has 0 saturated carbocycles. The van der Waals surface area contributed by atoms with Gasteiger partial charge in [-0.2, -0.15) is 0 Å². The monoisotopic (exact) mass is 427 g/mol. The summed E-state index contributed by atoms with van der Waals surface area (Å²) in [5.74, 6) is 0.471. The van der Waals surface area contributed by atoms with Gasteiger partial charge in [-0.1, -0.05) is 58.0 Å². The summed E-state index contributed by atoms with van der Waals surface area (Å²) in [7, 11) is 0. The Balaban J connectivity index is 1.71. The first-order valence-electron chi connectivity index (χ1n) is 11.1. The maximum absolute atomic E-state index is 13.7. The summed E-state index contributed by atoms with van der Waals surface area (Å²) in [6, 6.07) is 19.4. The second-order valence-corrected chi connectivity index (χ2v) is 8.98. The van der Waals surface area contributed by atoms with Gasteiger partial charge in [0.25, 0.3) is 5.91 Å². The second-order valence-electron chi connectivity index (χ2n) is 8.98. The fraction of sp³-hybridized carbons (Fsp3) is 0.296. The van der Waals surface area contributed by atoms with Gasteiger partial charge >= 0.3 is 0 Å². The summed E-state index contributed by atoms with van der Waals surface area (Å²) in [6.07, 6.45) is 3.44. The molecule has 1 unspecified atom stereocenters. The minimum absolute atomic E-state index is 0.0866. The molecule has 0 radical (unpaired) electrons. The van der Waals surface area contributed by atoms with Crippen LogP contribution < -0.4 is 10.2 Å². The van der Waals surface area contributed by atoms with Crippen LogP contribution in [0.15, 0.2) is 73.1 Å². The molecule has 1 aliphatic rings. The summed E-state index contributed by atoms with van der Waals surface area (Å²) in [6.45, 7) is 8.52. The summed E-state index contributed by atoms with van der Waals surface area (Å²) < 4.78 is 0. The zero-order valence-electron chi connectivity index (χ0n) is 19.0. The molecule has 0 bridgehead atoms. The molecule has 0 aliphatic carbocycles. The third-order valence-corrected chi connectivity index (χ3v) is 6.21. The standard InChI is InChI=1S/C27H29N3O2/c1-18(2)20-7-11-23(12-8-20)29-26(32)27(22-6-5-15-28-17-22)16-25(31)30(27)24-13-9-21(10-14-24)19(3)4/h5-15,17-19H,16H2,1-4H3,(H,29,32). The number of nitrogens with zero attached hydrogens (tertiary/aromatic N) is 2. The molecule has 1 atom stereocenters.